The van der Waals surface area contributed by atoms with Crippen LogP contribution in [0.2, 0.25) is 0 Å². The van der Waals surface area contributed by atoms with Crippen LogP contribution in [0.3, 0.4) is 0 Å². The highest BCUT2D eigenvalue weighted by molar-refractivity contribution is 5.63. The summed E-state index contributed by atoms with van der Waals surface area (Å²) in [5.41, 5.74) is 3.15. The fourth-order valence-electron chi connectivity index (χ4n) is 1.88. The highest BCUT2D eigenvalue weighted by Gasteiger charge is 2.10. The monoisotopic (exact) mass is 227 g/mol. The summed E-state index contributed by atoms with van der Waals surface area (Å²) in [7, 11) is 0. The number of rotatable bonds is 2. The summed E-state index contributed by atoms with van der Waals surface area (Å²) in [4.78, 5) is 4.07. The van der Waals surface area contributed by atoms with E-state index in [0.717, 1.165) is 30.9 Å². The van der Waals surface area contributed by atoms with Crippen LogP contribution in [-0.4, -0.2) is 33.1 Å². The van der Waals surface area contributed by atoms with E-state index in [0.29, 0.717) is 0 Å². The standard InChI is InChI=1S/C12H13N5/c1-2-11(8-14-5-1)17-9-12(15-16-17)10-3-6-13-7-4-10/h1-3,5,8-9,13H,4,6-7H2. The Kier molecular flexibility index (Phi) is 2.67. The molecule has 0 atom stereocenters. The largest absolute Gasteiger partial charge is 0.313 e. The fraction of sp³-hybridized carbons (Fsp3) is 0.250. The van der Waals surface area contributed by atoms with Crippen LogP contribution in [0, 0.1) is 0 Å². The van der Waals surface area contributed by atoms with Crippen molar-refractivity contribution < 1.29 is 0 Å². The first-order valence-electron chi connectivity index (χ1n) is 5.66. The molecule has 0 spiro atoms. The molecule has 1 aliphatic rings. The van der Waals surface area contributed by atoms with Gasteiger partial charge in [0.25, 0.3) is 0 Å². The van der Waals surface area contributed by atoms with Gasteiger partial charge in [-0.25, -0.2) is 4.68 Å². The first-order valence-corrected chi connectivity index (χ1v) is 5.66. The molecular weight excluding hydrogens is 214 g/mol. The lowest BCUT2D eigenvalue weighted by atomic mass is 10.1. The molecule has 0 radical (unpaired) electrons. The van der Waals surface area contributed by atoms with Crippen molar-refractivity contribution >= 4 is 5.57 Å². The highest BCUT2D eigenvalue weighted by Crippen LogP contribution is 2.17. The van der Waals surface area contributed by atoms with Gasteiger partial charge in [-0.3, -0.25) is 4.98 Å². The van der Waals surface area contributed by atoms with Crippen molar-refractivity contribution in [1.82, 2.24) is 25.3 Å². The Morgan fingerprint density at radius 2 is 2.35 bits per heavy atom. The second kappa shape index (κ2) is 4.47. The molecule has 0 amide bonds. The molecule has 0 aliphatic carbocycles. The van der Waals surface area contributed by atoms with Crippen molar-refractivity contribution in [3.05, 3.63) is 42.5 Å². The number of nitrogens with zero attached hydrogens (tertiary/aromatic N) is 4. The lowest BCUT2D eigenvalue weighted by molar-refractivity contribution is 0.736. The molecule has 3 heterocycles. The summed E-state index contributed by atoms with van der Waals surface area (Å²) in [5, 5.41) is 11.6. The van der Waals surface area contributed by atoms with Gasteiger partial charge in [0, 0.05) is 12.7 Å². The van der Waals surface area contributed by atoms with Gasteiger partial charge in [0.05, 0.1) is 18.1 Å². The molecule has 0 aromatic carbocycles. The average molecular weight is 227 g/mol. The van der Waals surface area contributed by atoms with Crippen molar-refractivity contribution in [2.45, 2.75) is 6.42 Å². The summed E-state index contributed by atoms with van der Waals surface area (Å²) in [6, 6.07) is 3.85. The average Bonchev–Trinajstić information content (AvgIpc) is 2.90. The zero-order chi connectivity index (χ0) is 11.5. The third-order valence-corrected chi connectivity index (χ3v) is 2.80. The van der Waals surface area contributed by atoms with Crippen LogP contribution in [0.15, 0.2) is 36.8 Å². The van der Waals surface area contributed by atoms with Crippen LogP contribution < -0.4 is 5.32 Å². The first kappa shape index (κ1) is 10.2. The van der Waals surface area contributed by atoms with Crippen molar-refractivity contribution in [2.24, 2.45) is 0 Å². The summed E-state index contributed by atoms with van der Waals surface area (Å²) >= 11 is 0. The molecule has 0 saturated carbocycles. The Bertz CT molecular complexity index is 529. The minimum Gasteiger partial charge on any atom is -0.313 e. The Hall–Kier alpha value is -2.01. The predicted octanol–water partition coefficient (Wildman–Crippen LogP) is 1.04. The summed E-state index contributed by atoms with van der Waals surface area (Å²) in [5.74, 6) is 0. The second-order valence-corrected chi connectivity index (χ2v) is 3.94. The molecule has 0 bridgehead atoms. The minimum atomic E-state index is 0.912. The smallest absolute Gasteiger partial charge is 0.109 e. The highest BCUT2D eigenvalue weighted by atomic mass is 15.4. The summed E-state index contributed by atoms with van der Waals surface area (Å²) < 4.78 is 1.76. The van der Waals surface area contributed by atoms with Crippen LogP contribution in [-0.2, 0) is 0 Å². The van der Waals surface area contributed by atoms with E-state index in [-0.39, 0.29) is 0 Å². The Morgan fingerprint density at radius 1 is 1.35 bits per heavy atom. The number of pyridine rings is 1. The number of nitrogens with one attached hydrogen (secondary N) is 1. The Balaban J connectivity index is 1.90. The fourth-order valence-corrected chi connectivity index (χ4v) is 1.88. The van der Waals surface area contributed by atoms with E-state index >= 15 is 0 Å². The molecule has 3 rings (SSSR count). The van der Waals surface area contributed by atoms with E-state index in [9.17, 15) is 0 Å². The second-order valence-electron chi connectivity index (χ2n) is 3.94. The molecule has 2 aromatic rings. The maximum atomic E-state index is 4.21. The molecule has 1 N–H and O–H groups in total. The molecule has 1 aliphatic heterocycles. The van der Waals surface area contributed by atoms with Crippen LogP contribution in [0.4, 0.5) is 0 Å². The maximum Gasteiger partial charge on any atom is 0.109 e. The molecule has 5 heteroatoms. The van der Waals surface area contributed by atoms with Gasteiger partial charge < -0.3 is 5.32 Å². The molecule has 0 fully saturated rings. The Morgan fingerprint density at radius 3 is 3.12 bits per heavy atom. The SMILES string of the molecule is C1=C(c2cn(-c3cccnc3)nn2)CCNC1. The van der Waals surface area contributed by atoms with Crippen LogP contribution in [0.25, 0.3) is 11.3 Å². The predicted molar refractivity (Wildman–Crippen MR) is 64.6 cm³/mol. The molecule has 86 valence electrons. The lowest BCUT2D eigenvalue weighted by Crippen LogP contribution is -2.20. The maximum absolute atomic E-state index is 4.21. The molecule has 5 nitrogen and oxygen atoms in total. The number of hydrogen-bond donors (Lipinski definition) is 1. The van der Waals surface area contributed by atoms with Gasteiger partial charge in [-0.2, -0.15) is 0 Å². The molecule has 17 heavy (non-hydrogen) atoms. The van der Waals surface area contributed by atoms with E-state index < -0.39 is 0 Å². The van der Waals surface area contributed by atoms with Gasteiger partial charge in [-0.15, -0.1) is 5.10 Å². The quantitative estimate of drug-likeness (QED) is 0.832. The van der Waals surface area contributed by atoms with Crippen molar-refractivity contribution in [2.75, 3.05) is 13.1 Å². The normalized spacial score (nSPS) is 15.6. The van der Waals surface area contributed by atoms with Crippen molar-refractivity contribution in [1.29, 1.82) is 0 Å². The van der Waals surface area contributed by atoms with Gasteiger partial charge in [-0.1, -0.05) is 11.3 Å². The van der Waals surface area contributed by atoms with Gasteiger partial charge in [0.15, 0.2) is 0 Å². The minimum absolute atomic E-state index is 0.912. The lowest BCUT2D eigenvalue weighted by Gasteiger charge is -2.10. The Labute approximate surface area is 99.2 Å². The molecule has 0 saturated heterocycles. The zero-order valence-electron chi connectivity index (χ0n) is 9.37. The van der Waals surface area contributed by atoms with E-state index in [1.807, 2.05) is 18.3 Å². The van der Waals surface area contributed by atoms with Crippen molar-refractivity contribution in [3.8, 4) is 5.69 Å². The van der Waals surface area contributed by atoms with E-state index in [1.165, 1.54) is 5.57 Å². The van der Waals surface area contributed by atoms with Gasteiger partial charge in [-0.05, 0) is 30.7 Å². The van der Waals surface area contributed by atoms with E-state index in [4.69, 9.17) is 0 Å². The van der Waals surface area contributed by atoms with Gasteiger partial charge >= 0.3 is 0 Å². The van der Waals surface area contributed by atoms with Crippen LogP contribution in [0.5, 0.6) is 0 Å². The van der Waals surface area contributed by atoms with E-state index in [1.54, 1.807) is 17.1 Å². The summed E-state index contributed by atoms with van der Waals surface area (Å²) in [6.07, 6.45) is 8.65. The van der Waals surface area contributed by atoms with Gasteiger partial charge in [0.2, 0.25) is 0 Å². The number of hydrogen-bond acceptors (Lipinski definition) is 4. The molecular formula is C12H13N5. The van der Waals surface area contributed by atoms with Crippen LogP contribution in [0.1, 0.15) is 12.1 Å². The molecule has 0 unspecified atom stereocenters. The summed E-state index contributed by atoms with van der Waals surface area (Å²) in [6.45, 7) is 1.92. The van der Waals surface area contributed by atoms with E-state index in [2.05, 4.69) is 26.7 Å². The third kappa shape index (κ3) is 2.09. The first-order chi connectivity index (χ1) is 8.43. The topological polar surface area (TPSA) is 55.6 Å². The third-order valence-electron chi connectivity index (χ3n) is 2.80. The van der Waals surface area contributed by atoms with Crippen molar-refractivity contribution in [3.63, 3.8) is 0 Å². The van der Waals surface area contributed by atoms with Gasteiger partial charge in [0.1, 0.15) is 5.69 Å². The van der Waals surface area contributed by atoms with Crippen LogP contribution >= 0.6 is 0 Å². The zero-order valence-corrected chi connectivity index (χ0v) is 9.37. The number of aromatic nitrogens is 4. The molecule has 2 aromatic heterocycles.